The van der Waals surface area contributed by atoms with Gasteiger partial charge in [0.05, 0.1) is 6.16 Å². The second-order valence-electron chi connectivity index (χ2n) is 3.60. The molecule has 0 aromatic heterocycles. The molecular weight excluding hydrogens is 143 g/mol. The van der Waals surface area contributed by atoms with Gasteiger partial charge in [-0.25, -0.2) is 0 Å². The highest BCUT2D eigenvalue weighted by molar-refractivity contribution is 7.73. The van der Waals surface area contributed by atoms with Gasteiger partial charge in [0.15, 0.2) is 0 Å². The van der Waals surface area contributed by atoms with Crippen molar-refractivity contribution in [3.05, 3.63) is 11.6 Å². The van der Waals surface area contributed by atoms with Gasteiger partial charge in [0.2, 0.25) is 0 Å². The van der Waals surface area contributed by atoms with Crippen molar-refractivity contribution in [2.75, 3.05) is 26.2 Å². The standard InChI is InChI=1S/C8H16OP/c1-8(5-6-9)7-10(2,3)4/h5-6H,7H2,1-4H3/q+1/b8-5+. The second kappa shape index (κ2) is 3.88. The van der Waals surface area contributed by atoms with Crippen LogP contribution in [0.4, 0.5) is 0 Å². The van der Waals surface area contributed by atoms with Crippen molar-refractivity contribution in [1.82, 2.24) is 0 Å². The van der Waals surface area contributed by atoms with Crippen molar-refractivity contribution < 1.29 is 4.79 Å². The molecule has 0 aromatic carbocycles. The Kier molecular flexibility index (Phi) is 3.81. The Hall–Kier alpha value is -0.160. The molecule has 0 amide bonds. The first-order chi connectivity index (χ1) is 4.45. The van der Waals surface area contributed by atoms with Gasteiger partial charge >= 0.3 is 0 Å². The van der Waals surface area contributed by atoms with E-state index in [4.69, 9.17) is 0 Å². The third kappa shape index (κ3) is 5.97. The van der Waals surface area contributed by atoms with Gasteiger partial charge in [-0.15, -0.1) is 0 Å². The second-order valence-corrected chi connectivity index (χ2v) is 8.49. The minimum Gasteiger partial charge on any atom is -0.299 e. The molecule has 0 heterocycles. The van der Waals surface area contributed by atoms with Crippen LogP contribution in [0.5, 0.6) is 0 Å². The number of aldehydes is 1. The first kappa shape index (κ1) is 9.84. The summed E-state index contributed by atoms with van der Waals surface area (Å²) < 4.78 is 0. The molecule has 10 heavy (non-hydrogen) atoms. The Morgan fingerprint density at radius 3 is 2.20 bits per heavy atom. The van der Waals surface area contributed by atoms with E-state index in [1.165, 1.54) is 5.57 Å². The van der Waals surface area contributed by atoms with Crippen LogP contribution in [0.25, 0.3) is 0 Å². The number of rotatable bonds is 3. The van der Waals surface area contributed by atoms with Crippen LogP contribution in [0.3, 0.4) is 0 Å². The molecule has 0 atom stereocenters. The Morgan fingerprint density at radius 1 is 1.40 bits per heavy atom. The highest BCUT2D eigenvalue weighted by atomic mass is 31.2. The molecule has 0 bridgehead atoms. The van der Waals surface area contributed by atoms with E-state index in [2.05, 4.69) is 20.0 Å². The summed E-state index contributed by atoms with van der Waals surface area (Å²) in [5.74, 6) is 0. The van der Waals surface area contributed by atoms with Crippen LogP contribution >= 0.6 is 7.26 Å². The van der Waals surface area contributed by atoms with E-state index in [-0.39, 0.29) is 0 Å². The summed E-state index contributed by atoms with van der Waals surface area (Å²) in [5.41, 5.74) is 1.20. The molecule has 1 nitrogen and oxygen atoms in total. The predicted molar refractivity (Wildman–Crippen MR) is 49.4 cm³/mol. The van der Waals surface area contributed by atoms with Gasteiger partial charge < -0.3 is 0 Å². The highest BCUT2D eigenvalue weighted by Gasteiger charge is 2.16. The molecule has 0 radical (unpaired) electrons. The lowest BCUT2D eigenvalue weighted by Gasteiger charge is -2.10. The van der Waals surface area contributed by atoms with Gasteiger partial charge in [-0.2, -0.15) is 0 Å². The van der Waals surface area contributed by atoms with E-state index in [9.17, 15) is 4.79 Å². The molecule has 0 aliphatic rings. The van der Waals surface area contributed by atoms with Gasteiger partial charge in [-0.3, -0.25) is 4.79 Å². The number of hydrogen-bond donors (Lipinski definition) is 0. The van der Waals surface area contributed by atoms with E-state index in [1.54, 1.807) is 6.08 Å². The van der Waals surface area contributed by atoms with Crippen molar-refractivity contribution in [1.29, 1.82) is 0 Å². The van der Waals surface area contributed by atoms with Crippen molar-refractivity contribution >= 4 is 13.5 Å². The first-order valence-electron chi connectivity index (χ1n) is 3.37. The molecular formula is C8H16OP+. The number of carbonyl (C=O) groups is 1. The maximum absolute atomic E-state index is 10.0. The van der Waals surface area contributed by atoms with Gasteiger partial charge in [0.25, 0.3) is 0 Å². The Morgan fingerprint density at radius 2 is 1.90 bits per heavy atom. The fourth-order valence-corrected chi connectivity index (χ4v) is 2.52. The topological polar surface area (TPSA) is 17.1 Å². The molecule has 0 spiro atoms. The maximum atomic E-state index is 10.0. The molecule has 0 fully saturated rings. The van der Waals surface area contributed by atoms with Crippen molar-refractivity contribution in [3.63, 3.8) is 0 Å². The molecule has 0 aromatic rings. The van der Waals surface area contributed by atoms with Crippen molar-refractivity contribution in [3.8, 4) is 0 Å². The molecule has 0 unspecified atom stereocenters. The van der Waals surface area contributed by atoms with Crippen LogP contribution in [0.15, 0.2) is 11.6 Å². The quantitative estimate of drug-likeness (QED) is 0.350. The fourth-order valence-electron chi connectivity index (χ4n) is 0.917. The van der Waals surface area contributed by atoms with Gasteiger partial charge in [0.1, 0.15) is 6.29 Å². The summed E-state index contributed by atoms with van der Waals surface area (Å²) in [6.45, 7) is 8.83. The van der Waals surface area contributed by atoms with Crippen LogP contribution in [0.2, 0.25) is 0 Å². The monoisotopic (exact) mass is 159 g/mol. The summed E-state index contributed by atoms with van der Waals surface area (Å²) in [7, 11) is -0.729. The highest BCUT2D eigenvalue weighted by Crippen LogP contribution is 2.47. The molecule has 0 saturated heterocycles. The third-order valence-corrected chi connectivity index (χ3v) is 2.52. The van der Waals surface area contributed by atoms with Crippen molar-refractivity contribution in [2.45, 2.75) is 6.92 Å². The predicted octanol–water partition coefficient (Wildman–Crippen LogP) is 2.04. The Labute approximate surface area is 63.9 Å². The minimum absolute atomic E-state index is 0.729. The zero-order valence-electron chi connectivity index (χ0n) is 7.22. The van der Waals surface area contributed by atoms with Gasteiger partial charge in [0, 0.05) is 27.3 Å². The summed E-state index contributed by atoms with van der Waals surface area (Å²) in [6.07, 6.45) is 3.63. The van der Waals surface area contributed by atoms with E-state index in [0.717, 1.165) is 12.4 Å². The van der Waals surface area contributed by atoms with E-state index >= 15 is 0 Å². The summed E-state index contributed by atoms with van der Waals surface area (Å²) in [6, 6.07) is 0. The number of hydrogen-bond acceptors (Lipinski definition) is 1. The van der Waals surface area contributed by atoms with Gasteiger partial charge in [-0.1, -0.05) is 0 Å². The largest absolute Gasteiger partial charge is 0.299 e. The first-order valence-corrected chi connectivity index (χ1v) is 6.68. The molecule has 0 aliphatic carbocycles. The lowest BCUT2D eigenvalue weighted by molar-refractivity contribution is -0.104. The van der Waals surface area contributed by atoms with Crippen LogP contribution < -0.4 is 0 Å². The number of carbonyl (C=O) groups excluding carboxylic acids is 1. The Bertz CT molecular complexity index is 142. The van der Waals surface area contributed by atoms with E-state index in [1.807, 2.05) is 6.92 Å². The lowest BCUT2D eigenvalue weighted by Crippen LogP contribution is -1.94. The van der Waals surface area contributed by atoms with E-state index in [0.29, 0.717) is 0 Å². The normalized spacial score (nSPS) is 13.4. The average Bonchev–Trinajstić information content (AvgIpc) is 1.59. The summed E-state index contributed by atoms with van der Waals surface area (Å²) >= 11 is 0. The molecule has 0 aliphatic heterocycles. The van der Waals surface area contributed by atoms with Crippen LogP contribution in [0.1, 0.15) is 6.92 Å². The lowest BCUT2D eigenvalue weighted by atomic mass is 10.3. The number of allylic oxidation sites excluding steroid dienone is 2. The zero-order valence-corrected chi connectivity index (χ0v) is 8.11. The SMILES string of the molecule is C/C(=C\C=O)C[P+](C)(C)C. The molecule has 58 valence electrons. The van der Waals surface area contributed by atoms with Crippen LogP contribution in [-0.2, 0) is 4.79 Å². The summed E-state index contributed by atoms with van der Waals surface area (Å²) in [5, 5.41) is 0. The molecule has 2 heteroatoms. The zero-order chi connectivity index (χ0) is 8.20. The fraction of sp³-hybridized carbons (Fsp3) is 0.625. The van der Waals surface area contributed by atoms with Crippen LogP contribution in [-0.4, -0.2) is 32.4 Å². The third-order valence-electron chi connectivity index (χ3n) is 1.08. The molecule has 0 saturated carbocycles. The molecule has 0 N–H and O–H groups in total. The van der Waals surface area contributed by atoms with Crippen molar-refractivity contribution in [2.24, 2.45) is 0 Å². The smallest absolute Gasteiger partial charge is 0.142 e. The Balaban J connectivity index is 3.91. The van der Waals surface area contributed by atoms with Gasteiger partial charge in [-0.05, 0) is 18.6 Å². The average molecular weight is 159 g/mol. The van der Waals surface area contributed by atoms with Crippen LogP contribution in [0, 0.1) is 0 Å². The van der Waals surface area contributed by atoms with E-state index < -0.39 is 7.26 Å². The molecule has 0 rings (SSSR count). The summed E-state index contributed by atoms with van der Waals surface area (Å²) in [4.78, 5) is 10.0. The minimum atomic E-state index is -0.729. The maximum Gasteiger partial charge on any atom is 0.142 e.